The molecule has 8 aromatic carbocycles. The van der Waals surface area contributed by atoms with E-state index in [9.17, 15) is 5.26 Å². The van der Waals surface area contributed by atoms with E-state index in [2.05, 4.69) is 192 Å². The Morgan fingerprint density at radius 3 is 1.33 bits per heavy atom. The zero-order valence-corrected chi connectivity index (χ0v) is 31.8. The lowest BCUT2D eigenvalue weighted by Crippen LogP contribution is -2.18. The highest BCUT2D eigenvalue weighted by atomic mass is 32.1. The lowest BCUT2D eigenvalue weighted by molar-refractivity contribution is 0.259. The van der Waals surface area contributed by atoms with Crippen LogP contribution in [0, 0.1) is 16.7 Å². The number of nitrogens with zero attached hydrogens (tertiary/aromatic N) is 3. The largest absolute Gasteiger partial charge is 0.489 e. The Morgan fingerprint density at radius 1 is 0.545 bits per heavy atom. The molecule has 1 atom stereocenters. The number of thiocarbonyl (C=S) groups is 1. The highest BCUT2D eigenvalue weighted by Gasteiger charge is 2.26. The molecule has 0 fully saturated rings. The number of hydrogen-bond donors (Lipinski definition) is 0. The van der Waals surface area contributed by atoms with E-state index >= 15 is 0 Å². The summed E-state index contributed by atoms with van der Waals surface area (Å²) in [5.74, 6) is 0.0153. The Morgan fingerprint density at radius 2 is 0.927 bits per heavy atom. The monoisotopic (exact) mass is 731 g/mol. The molecule has 268 valence electrons. The number of benzene rings is 8. The van der Waals surface area contributed by atoms with Crippen molar-refractivity contribution in [3.63, 3.8) is 0 Å². The van der Waals surface area contributed by atoms with Crippen molar-refractivity contribution in [3.05, 3.63) is 181 Å². The van der Waals surface area contributed by atoms with Gasteiger partial charge in [-0.3, -0.25) is 0 Å². The van der Waals surface area contributed by atoms with Crippen LogP contribution in [0.1, 0.15) is 31.7 Å². The maximum Gasteiger partial charge on any atom is 0.146 e. The van der Waals surface area contributed by atoms with Crippen LogP contribution in [0.15, 0.2) is 176 Å². The smallest absolute Gasteiger partial charge is 0.146 e. The molecule has 0 saturated carbocycles. The fourth-order valence-electron chi connectivity index (χ4n) is 7.85. The number of fused-ring (bicyclic) bond motifs is 5. The number of hydrogen-bond acceptors (Lipinski definition) is 5. The Bertz CT molecular complexity index is 2600. The molecular weight excluding hydrogens is 691 g/mol. The van der Waals surface area contributed by atoms with Crippen LogP contribution in [0.3, 0.4) is 0 Å². The molecule has 0 saturated heterocycles. The summed E-state index contributed by atoms with van der Waals surface area (Å²) in [5, 5.41) is 16.9. The number of nitriles is 1. The predicted molar refractivity (Wildman–Crippen MR) is 235 cm³/mol. The minimum absolute atomic E-state index is 0.0153. The maximum atomic E-state index is 9.83. The molecule has 1 unspecified atom stereocenters. The number of ether oxygens (including phenoxy) is 1. The standard InChI is InChI=1S/C50H41N3OS/c1-50(2,34-51)32-37(33-54-35-55)36-26-28-41(29-27-36)53(40-20-10-5-11-21-40)49-31-47-42-22-12-14-24-44(42)48(30-46(47)43-23-13-15-25-45(43)49)52(38-16-6-3-7-17-38)39-18-8-4-9-19-39/h3-31,35,37H,32-33H2,1-2H3. The molecule has 0 aliphatic carbocycles. The normalized spacial score (nSPS) is 11.9. The average Bonchev–Trinajstić information content (AvgIpc) is 3.24. The van der Waals surface area contributed by atoms with Crippen LogP contribution in [-0.2, 0) is 4.74 Å². The van der Waals surface area contributed by atoms with Crippen molar-refractivity contribution >= 4 is 84.2 Å². The van der Waals surface area contributed by atoms with Crippen molar-refractivity contribution in [2.75, 3.05) is 16.4 Å². The third-order valence-electron chi connectivity index (χ3n) is 10.4. The fourth-order valence-corrected chi connectivity index (χ4v) is 7.93. The van der Waals surface area contributed by atoms with E-state index < -0.39 is 5.41 Å². The molecule has 5 heteroatoms. The van der Waals surface area contributed by atoms with Gasteiger partial charge in [-0.1, -0.05) is 115 Å². The number of para-hydroxylation sites is 3. The van der Waals surface area contributed by atoms with E-state index in [1.807, 2.05) is 13.8 Å². The minimum atomic E-state index is -0.504. The summed E-state index contributed by atoms with van der Waals surface area (Å²) in [5.41, 5.74) is 8.44. The van der Waals surface area contributed by atoms with Gasteiger partial charge in [-0.2, -0.15) is 5.26 Å². The second-order valence-corrected chi connectivity index (χ2v) is 14.8. The van der Waals surface area contributed by atoms with Crippen molar-refractivity contribution in [1.29, 1.82) is 5.26 Å². The summed E-state index contributed by atoms with van der Waals surface area (Å²) in [6, 6.07) is 65.2. The highest BCUT2D eigenvalue weighted by Crippen LogP contribution is 2.47. The Hall–Kier alpha value is -6.48. The fraction of sp³-hybridized carbons (Fsp3) is 0.120. The molecule has 0 N–H and O–H groups in total. The molecule has 55 heavy (non-hydrogen) atoms. The summed E-state index contributed by atoms with van der Waals surface area (Å²) < 4.78 is 5.62. The first kappa shape index (κ1) is 35.5. The van der Waals surface area contributed by atoms with Gasteiger partial charge in [0.15, 0.2) is 0 Å². The first-order valence-corrected chi connectivity index (χ1v) is 19.1. The van der Waals surface area contributed by atoms with Gasteiger partial charge >= 0.3 is 0 Å². The summed E-state index contributed by atoms with van der Waals surface area (Å²) in [7, 11) is 0. The molecule has 0 aromatic heterocycles. The van der Waals surface area contributed by atoms with E-state index in [1.54, 1.807) is 0 Å². The SMILES string of the molecule is CC(C)(C#N)CC(COC=S)c1ccc(N(c2ccccc2)c2cc3c4ccccc4c(N(c4ccccc4)c4ccccc4)cc3c3ccccc23)cc1. The van der Waals surface area contributed by atoms with Gasteiger partial charge in [0.25, 0.3) is 0 Å². The number of rotatable bonds is 12. The van der Waals surface area contributed by atoms with Crippen LogP contribution in [0.4, 0.5) is 34.1 Å². The van der Waals surface area contributed by atoms with E-state index in [-0.39, 0.29) is 5.92 Å². The molecule has 0 spiro atoms. The van der Waals surface area contributed by atoms with Gasteiger partial charge in [0.2, 0.25) is 0 Å². The average molecular weight is 732 g/mol. The van der Waals surface area contributed by atoms with Gasteiger partial charge in [0, 0.05) is 39.4 Å². The lowest BCUT2D eigenvalue weighted by Gasteiger charge is -2.30. The first-order chi connectivity index (χ1) is 27.0. The maximum absolute atomic E-state index is 9.83. The summed E-state index contributed by atoms with van der Waals surface area (Å²) >= 11 is 5.00. The van der Waals surface area contributed by atoms with Gasteiger partial charge in [-0.05, 0) is 120 Å². The van der Waals surface area contributed by atoms with Gasteiger partial charge < -0.3 is 14.5 Å². The lowest BCUT2D eigenvalue weighted by atomic mass is 9.81. The predicted octanol–water partition coefficient (Wildman–Crippen LogP) is 14.1. The Balaban J connectivity index is 1.35. The third kappa shape index (κ3) is 7.13. The quantitative estimate of drug-likeness (QED) is 0.0924. The topological polar surface area (TPSA) is 39.5 Å². The van der Waals surface area contributed by atoms with Crippen molar-refractivity contribution in [2.45, 2.75) is 26.2 Å². The molecule has 0 radical (unpaired) electrons. The molecule has 0 heterocycles. The van der Waals surface area contributed by atoms with Gasteiger partial charge in [0.05, 0.1) is 29.5 Å². The molecule has 4 nitrogen and oxygen atoms in total. The van der Waals surface area contributed by atoms with Crippen molar-refractivity contribution in [2.24, 2.45) is 5.41 Å². The van der Waals surface area contributed by atoms with Crippen LogP contribution >= 0.6 is 12.2 Å². The van der Waals surface area contributed by atoms with Crippen LogP contribution in [0.25, 0.3) is 32.3 Å². The van der Waals surface area contributed by atoms with Gasteiger partial charge in [-0.25, -0.2) is 0 Å². The highest BCUT2D eigenvalue weighted by molar-refractivity contribution is 7.78. The van der Waals surface area contributed by atoms with E-state index in [0.29, 0.717) is 13.0 Å². The molecule has 0 amide bonds. The molecule has 8 rings (SSSR count). The Labute approximate surface area is 328 Å². The van der Waals surface area contributed by atoms with Crippen molar-refractivity contribution in [3.8, 4) is 6.07 Å². The van der Waals surface area contributed by atoms with Crippen LogP contribution in [0.2, 0.25) is 0 Å². The summed E-state index contributed by atoms with van der Waals surface area (Å²) in [6.07, 6.45) is 0.658. The second-order valence-electron chi connectivity index (χ2n) is 14.6. The van der Waals surface area contributed by atoms with Crippen LogP contribution in [0.5, 0.6) is 0 Å². The zero-order valence-electron chi connectivity index (χ0n) is 31.0. The minimum Gasteiger partial charge on any atom is -0.489 e. The molecular formula is C50H41N3OS. The molecule has 0 aliphatic heterocycles. The molecule has 8 aromatic rings. The van der Waals surface area contributed by atoms with Crippen LogP contribution in [-0.4, -0.2) is 12.2 Å². The van der Waals surface area contributed by atoms with E-state index in [1.165, 1.54) is 32.5 Å². The van der Waals surface area contributed by atoms with Gasteiger partial charge in [0.1, 0.15) is 5.55 Å². The van der Waals surface area contributed by atoms with Crippen molar-refractivity contribution in [1.82, 2.24) is 0 Å². The third-order valence-corrected chi connectivity index (χ3v) is 10.5. The molecule has 0 aliphatic rings. The second kappa shape index (κ2) is 15.5. The first-order valence-electron chi connectivity index (χ1n) is 18.6. The summed E-state index contributed by atoms with van der Waals surface area (Å²) in [6.45, 7) is 4.37. The Kier molecular flexibility index (Phi) is 10.0. The molecule has 0 bridgehead atoms. The number of anilines is 6. The van der Waals surface area contributed by atoms with Crippen molar-refractivity contribution < 1.29 is 4.74 Å². The van der Waals surface area contributed by atoms with E-state index in [4.69, 9.17) is 17.0 Å². The van der Waals surface area contributed by atoms with Crippen LogP contribution < -0.4 is 9.80 Å². The van der Waals surface area contributed by atoms with Gasteiger partial charge in [-0.15, -0.1) is 0 Å². The van der Waals surface area contributed by atoms with E-state index in [0.717, 1.165) is 45.1 Å². The summed E-state index contributed by atoms with van der Waals surface area (Å²) in [4.78, 5) is 4.72. The zero-order chi connectivity index (χ0) is 37.8.